The number of nitrogens with zero attached hydrogens (tertiary/aromatic N) is 6. The summed E-state index contributed by atoms with van der Waals surface area (Å²) in [7, 11) is 3.61. The van der Waals surface area contributed by atoms with E-state index in [1.54, 1.807) is 22.9 Å². The van der Waals surface area contributed by atoms with Gasteiger partial charge in [-0.15, -0.1) is 5.10 Å². The van der Waals surface area contributed by atoms with Crippen molar-refractivity contribution in [3.05, 3.63) is 108 Å². The Morgan fingerprint density at radius 2 is 1.51 bits per heavy atom. The number of ether oxygens (including phenoxy) is 1. The van der Waals surface area contributed by atoms with Crippen molar-refractivity contribution < 1.29 is 14.3 Å². The number of benzene rings is 3. The number of fused-ring (bicyclic) bond motifs is 1. The molecule has 0 atom stereocenters. The maximum Gasteiger partial charge on any atom is 0.260 e. The molecular formula is C33H35N7O3. The lowest BCUT2D eigenvalue weighted by Crippen LogP contribution is -2.33. The van der Waals surface area contributed by atoms with Gasteiger partial charge in [0.1, 0.15) is 12.3 Å². The summed E-state index contributed by atoms with van der Waals surface area (Å²) in [6, 6.07) is 25.8. The number of carbonyl (C=O) groups excluding carboxylic acids is 2. The zero-order chi connectivity index (χ0) is 30.0. The Bertz CT molecular complexity index is 1670. The number of hydrogen-bond acceptors (Lipinski definition) is 6. The topological polar surface area (TPSA) is 109 Å². The van der Waals surface area contributed by atoms with Crippen LogP contribution in [0, 0.1) is 0 Å². The largest absolute Gasteiger partial charge is 0.484 e. The second-order valence-electron chi connectivity index (χ2n) is 10.4. The molecule has 0 aliphatic heterocycles. The summed E-state index contributed by atoms with van der Waals surface area (Å²) in [5.41, 5.74) is 4.11. The van der Waals surface area contributed by atoms with Crippen LogP contribution in [0.4, 0.5) is 0 Å². The number of amides is 2. The first-order valence-electron chi connectivity index (χ1n) is 14.2. The van der Waals surface area contributed by atoms with Crippen LogP contribution in [0.2, 0.25) is 0 Å². The Kier molecular flexibility index (Phi) is 9.58. The van der Waals surface area contributed by atoms with E-state index >= 15 is 0 Å². The molecule has 0 unspecified atom stereocenters. The third-order valence-electron chi connectivity index (χ3n) is 7.34. The van der Waals surface area contributed by atoms with Crippen molar-refractivity contribution in [3.8, 4) is 5.75 Å². The zero-order valence-electron chi connectivity index (χ0n) is 24.4. The van der Waals surface area contributed by atoms with Crippen LogP contribution in [0.1, 0.15) is 22.5 Å². The summed E-state index contributed by atoms with van der Waals surface area (Å²) >= 11 is 0. The lowest BCUT2D eigenvalue weighted by Gasteiger charge is -2.18. The van der Waals surface area contributed by atoms with Gasteiger partial charge in [0.05, 0.1) is 0 Å². The summed E-state index contributed by atoms with van der Waals surface area (Å²) in [6.45, 7) is 1.34. The number of likely N-dealkylation sites (N-methyl/N-ethyl adjacent to an activating group) is 2. The second kappa shape index (κ2) is 14.1. The predicted octanol–water partition coefficient (Wildman–Crippen LogP) is 4.11. The zero-order valence-corrected chi connectivity index (χ0v) is 24.4. The number of carbonyl (C=O) groups is 2. The normalized spacial score (nSPS) is 11.2. The number of aromatic nitrogens is 5. The minimum Gasteiger partial charge on any atom is -0.484 e. The van der Waals surface area contributed by atoms with Gasteiger partial charge in [0.25, 0.3) is 5.91 Å². The first kappa shape index (κ1) is 29.2. The van der Waals surface area contributed by atoms with Gasteiger partial charge in [-0.3, -0.25) is 9.59 Å². The molecule has 1 N–H and O–H groups in total. The lowest BCUT2D eigenvalue weighted by atomic mass is 10.1. The standard InChI is InChI=1S/C33H35N7O3/c1-38(19-17-25-9-5-3-6-10-25)32(41)23-40-22-27(13-16-31-34-36-37-35-31)29-21-28(14-15-30(29)40)43-24-33(42)39(2)20-18-26-11-7-4-8-12-26/h3-16,21-22H,17-20,23-24H2,1-2H3,(H,34,35,36,37). The van der Waals surface area contributed by atoms with E-state index in [0.29, 0.717) is 24.7 Å². The van der Waals surface area contributed by atoms with Crippen molar-refractivity contribution >= 4 is 34.9 Å². The number of tetrazole rings is 1. The summed E-state index contributed by atoms with van der Waals surface area (Å²) < 4.78 is 7.85. The molecule has 43 heavy (non-hydrogen) atoms. The lowest BCUT2D eigenvalue weighted by molar-refractivity contribution is -0.132. The Labute approximate surface area is 250 Å². The number of rotatable bonds is 13. The summed E-state index contributed by atoms with van der Waals surface area (Å²) in [5.74, 6) is 0.981. The number of nitrogens with one attached hydrogen (secondary N) is 1. The van der Waals surface area contributed by atoms with E-state index in [-0.39, 0.29) is 25.0 Å². The fourth-order valence-electron chi connectivity index (χ4n) is 4.72. The van der Waals surface area contributed by atoms with E-state index in [1.165, 1.54) is 11.1 Å². The van der Waals surface area contributed by atoms with E-state index in [1.807, 2.05) is 78.5 Å². The van der Waals surface area contributed by atoms with Crippen molar-refractivity contribution in [3.63, 3.8) is 0 Å². The molecule has 0 aliphatic rings. The fraction of sp³-hybridized carbons (Fsp3) is 0.242. The van der Waals surface area contributed by atoms with Crippen molar-refractivity contribution in [1.82, 2.24) is 35.0 Å². The van der Waals surface area contributed by atoms with Gasteiger partial charge in [0.15, 0.2) is 12.4 Å². The van der Waals surface area contributed by atoms with Gasteiger partial charge in [-0.05, 0) is 64.7 Å². The molecule has 10 heteroatoms. The van der Waals surface area contributed by atoms with Crippen molar-refractivity contribution in [1.29, 1.82) is 0 Å². The van der Waals surface area contributed by atoms with Gasteiger partial charge in [-0.25, -0.2) is 5.10 Å². The van der Waals surface area contributed by atoms with Gasteiger partial charge in [0, 0.05) is 49.8 Å². The highest BCUT2D eigenvalue weighted by Gasteiger charge is 2.15. The molecule has 220 valence electrons. The average Bonchev–Trinajstić information content (AvgIpc) is 3.69. The number of aromatic amines is 1. The third-order valence-corrected chi connectivity index (χ3v) is 7.34. The van der Waals surface area contributed by atoms with Crippen LogP contribution in [-0.2, 0) is 29.0 Å². The van der Waals surface area contributed by atoms with Crippen LogP contribution < -0.4 is 4.74 Å². The Morgan fingerprint density at radius 3 is 2.14 bits per heavy atom. The van der Waals surface area contributed by atoms with Gasteiger partial charge >= 0.3 is 0 Å². The van der Waals surface area contributed by atoms with Gasteiger partial charge in [-0.2, -0.15) is 0 Å². The predicted molar refractivity (Wildman–Crippen MR) is 166 cm³/mol. The Morgan fingerprint density at radius 1 is 0.860 bits per heavy atom. The molecule has 0 saturated heterocycles. The maximum atomic E-state index is 13.2. The molecule has 2 aromatic heterocycles. The molecule has 2 heterocycles. The quantitative estimate of drug-likeness (QED) is 0.226. The van der Waals surface area contributed by atoms with E-state index < -0.39 is 0 Å². The van der Waals surface area contributed by atoms with Gasteiger partial charge in [0.2, 0.25) is 5.91 Å². The number of H-pyrrole nitrogens is 1. The second-order valence-corrected chi connectivity index (χ2v) is 10.4. The minimum absolute atomic E-state index is 0.00672. The molecule has 0 saturated carbocycles. The molecule has 0 bridgehead atoms. The third kappa shape index (κ3) is 7.94. The molecular weight excluding hydrogens is 542 g/mol. The highest BCUT2D eigenvalue weighted by Crippen LogP contribution is 2.28. The van der Waals surface area contributed by atoms with Crippen LogP contribution in [0.15, 0.2) is 85.1 Å². The summed E-state index contributed by atoms with van der Waals surface area (Å²) in [5, 5.41) is 14.7. The van der Waals surface area contributed by atoms with Crippen LogP contribution >= 0.6 is 0 Å². The smallest absolute Gasteiger partial charge is 0.260 e. The van der Waals surface area contributed by atoms with Crippen molar-refractivity contribution in [2.24, 2.45) is 0 Å². The summed E-state index contributed by atoms with van der Waals surface area (Å²) in [4.78, 5) is 29.4. The highest BCUT2D eigenvalue weighted by molar-refractivity contribution is 5.93. The first-order valence-corrected chi connectivity index (χ1v) is 14.2. The molecule has 0 aliphatic carbocycles. The molecule has 0 spiro atoms. The maximum absolute atomic E-state index is 13.2. The minimum atomic E-state index is -0.101. The van der Waals surface area contributed by atoms with Gasteiger partial charge < -0.3 is 19.1 Å². The van der Waals surface area contributed by atoms with Gasteiger partial charge in [-0.1, -0.05) is 60.7 Å². The average molecular weight is 578 g/mol. The van der Waals surface area contributed by atoms with Crippen LogP contribution in [0.3, 0.4) is 0 Å². The summed E-state index contributed by atoms with van der Waals surface area (Å²) in [6.07, 6.45) is 7.15. The van der Waals surface area contributed by atoms with Crippen LogP contribution in [0.5, 0.6) is 5.75 Å². The van der Waals surface area contributed by atoms with E-state index in [2.05, 4.69) is 44.9 Å². The Balaban J connectivity index is 1.27. The molecule has 2 amide bonds. The van der Waals surface area contributed by atoms with E-state index in [4.69, 9.17) is 4.74 Å². The molecule has 5 rings (SSSR count). The fourth-order valence-corrected chi connectivity index (χ4v) is 4.72. The molecule has 0 radical (unpaired) electrons. The molecule has 5 aromatic rings. The SMILES string of the molecule is CN(CCc1ccccc1)C(=O)COc1ccc2c(c1)c(C=Cc1nnn[nH]1)cn2CC(=O)N(C)CCc1ccccc1. The highest BCUT2D eigenvalue weighted by atomic mass is 16.5. The number of hydrogen-bond donors (Lipinski definition) is 1. The van der Waals surface area contributed by atoms with Crippen LogP contribution in [0.25, 0.3) is 23.1 Å². The molecule has 3 aromatic carbocycles. The van der Waals surface area contributed by atoms with Crippen molar-refractivity contribution in [2.45, 2.75) is 19.4 Å². The molecule has 10 nitrogen and oxygen atoms in total. The Hall–Kier alpha value is -5.25. The van der Waals surface area contributed by atoms with Crippen LogP contribution in [-0.4, -0.2) is 80.6 Å². The van der Waals surface area contributed by atoms with Crippen molar-refractivity contribution in [2.75, 3.05) is 33.8 Å². The van der Waals surface area contributed by atoms with E-state index in [0.717, 1.165) is 29.3 Å². The first-order chi connectivity index (χ1) is 21.0. The monoisotopic (exact) mass is 577 g/mol. The van der Waals surface area contributed by atoms with E-state index in [9.17, 15) is 9.59 Å². The molecule has 0 fully saturated rings.